The molecule has 2 rings (SSSR count). The van der Waals surface area contributed by atoms with Crippen LogP contribution < -0.4 is 0 Å². The van der Waals surface area contributed by atoms with E-state index < -0.39 is 11.6 Å². The smallest absolute Gasteiger partial charge is 0.340 e. The molecule has 0 heterocycles. The molecular formula is C13H16O3. The van der Waals surface area contributed by atoms with Crippen LogP contribution in [-0.2, 0) is 21.6 Å². The molecule has 86 valence electrons. The van der Waals surface area contributed by atoms with Gasteiger partial charge in [0.15, 0.2) is 5.60 Å². The predicted molar refractivity (Wildman–Crippen MR) is 60.4 cm³/mol. The van der Waals surface area contributed by atoms with Crippen LogP contribution in [0.25, 0.3) is 0 Å². The zero-order chi connectivity index (χ0) is 11.8. The quantitative estimate of drug-likeness (QED) is 0.831. The van der Waals surface area contributed by atoms with Gasteiger partial charge in [-0.25, -0.2) is 4.79 Å². The molecule has 0 bridgehead atoms. The number of aliphatic carboxylic acids is 1. The summed E-state index contributed by atoms with van der Waals surface area (Å²) in [5, 5.41) is 9.38. The second-order valence-corrected chi connectivity index (χ2v) is 4.35. The van der Waals surface area contributed by atoms with Crippen molar-refractivity contribution in [1.82, 2.24) is 0 Å². The van der Waals surface area contributed by atoms with E-state index in [0.29, 0.717) is 6.42 Å². The van der Waals surface area contributed by atoms with E-state index in [1.807, 2.05) is 19.1 Å². The maximum absolute atomic E-state index is 11.4. The van der Waals surface area contributed by atoms with Crippen molar-refractivity contribution in [2.45, 2.75) is 31.8 Å². The number of aryl methyl sites for hydroxylation is 2. The van der Waals surface area contributed by atoms with Crippen molar-refractivity contribution in [3.63, 3.8) is 0 Å². The van der Waals surface area contributed by atoms with Crippen LogP contribution in [0.4, 0.5) is 0 Å². The number of carboxylic acids is 1. The van der Waals surface area contributed by atoms with Crippen molar-refractivity contribution in [1.29, 1.82) is 0 Å². The number of carboxylic acid groups (broad SMARTS) is 1. The van der Waals surface area contributed by atoms with Gasteiger partial charge >= 0.3 is 5.97 Å². The van der Waals surface area contributed by atoms with Gasteiger partial charge in [0, 0.05) is 7.11 Å². The monoisotopic (exact) mass is 220 g/mol. The van der Waals surface area contributed by atoms with Crippen molar-refractivity contribution in [3.8, 4) is 0 Å². The van der Waals surface area contributed by atoms with Crippen molar-refractivity contribution in [3.05, 3.63) is 34.9 Å². The van der Waals surface area contributed by atoms with Crippen LogP contribution in [0, 0.1) is 6.92 Å². The van der Waals surface area contributed by atoms with Crippen molar-refractivity contribution in [2.75, 3.05) is 7.11 Å². The Kier molecular flexibility index (Phi) is 2.72. The number of rotatable bonds is 2. The fourth-order valence-corrected chi connectivity index (χ4v) is 2.51. The number of ether oxygens (including phenoxy) is 1. The summed E-state index contributed by atoms with van der Waals surface area (Å²) in [6, 6.07) is 5.90. The Morgan fingerprint density at radius 2 is 2.25 bits per heavy atom. The van der Waals surface area contributed by atoms with Gasteiger partial charge in [0.05, 0.1) is 0 Å². The lowest BCUT2D eigenvalue weighted by atomic mass is 9.78. The van der Waals surface area contributed by atoms with Crippen molar-refractivity contribution in [2.24, 2.45) is 0 Å². The molecule has 1 N–H and O–H groups in total. The first-order chi connectivity index (χ1) is 7.60. The molecule has 0 saturated heterocycles. The maximum atomic E-state index is 11.4. The number of methoxy groups -OCH3 is 1. The van der Waals surface area contributed by atoms with Crippen molar-refractivity contribution >= 4 is 5.97 Å². The SMILES string of the molecule is COC1(C(=O)O)CCCc2cc(C)ccc21. The highest BCUT2D eigenvalue weighted by molar-refractivity contribution is 5.80. The van der Waals surface area contributed by atoms with E-state index in [1.54, 1.807) is 0 Å². The lowest BCUT2D eigenvalue weighted by Gasteiger charge is -2.34. The normalized spacial score (nSPS) is 23.9. The molecule has 16 heavy (non-hydrogen) atoms. The molecule has 0 amide bonds. The van der Waals surface area contributed by atoms with Gasteiger partial charge in [-0.1, -0.05) is 23.8 Å². The third-order valence-electron chi connectivity index (χ3n) is 3.36. The molecule has 0 radical (unpaired) electrons. The topological polar surface area (TPSA) is 46.5 Å². The highest BCUT2D eigenvalue weighted by Crippen LogP contribution is 2.38. The second-order valence-electron chi connectivity index (χ2n) is 4.35. The number of hydrogen-bond acceptors (Lipinski definition) is 2. The molecule has 0 aromatic heterocycles. The summed E-state index contributed by atoms with van der Waals surface area (Å²) in [5.74, 6) is -0.889. The minimum absolute atomic E-state index is 0.550. The van der Waals surface area contributed by atoms with Crippen LogP contribution in [0.5, 0.6) is 0 Å². The molecule has 1 aliphatic rings. The first kappa shape index (κ1) is 11.1. The van der Waals surface area contributed by atoms with E-state index >= 15 is 0 Å². The van der Waals surface area contributed by atoms with Gasteiger partial charge in [0.25, 0.3) is 0 Å². The van der Waals surface area contributed by atoms with E-state index in [0.717, 1.165) is 29.5 Å². The summed E-state index contributed by atoms with van der Waals surface area (Å²) in [5.41, 5.74) is 1.95. The minimum atomic E-state index is -1.14. The highest BCUT2D eigenvalue weighted by Gasteiger charge is 2.43. The van der Waals surface area contributed by atoms with E-state index in [-0.39, 0.29) is 0 Å². The van der Waals surface area contributed by atoms with Crippen LogP contribution in [0.1, 0.15) is 29.5 Å². The Bertz CT molecular complexity index is 425. The summed E-state index contributed by atoms with van der Waals surface area (Å²) in [7, 11) is 1.48. The molecule has 1 aromatic rings. The van der Waals surface area contributed by atoms with Crippen LogP contribution in [0.15, 0.2) is 18.2 Å². The summed E-state index contributed by atoms with van der Waals surface area (Å²) < 4.78 is 5.31. The van der Waals surface area contributed by atoms with E-state index in [1.165, 1.54) is 7.11 Å². The van der Waals surface area contributed by atoms with Crippen molar-refractivity contribution < 1.29 is 14.6 Å². The maximum Gasteiger partial charge on any atom is 0.340 e. The molecule has 0 aliphatic heterocycles. The fraction of sp³-hybridized carbons (Fsp3) is 0.462. The van der Waals surface area contributed by atoms with Gasteiger partial charge in [0.1, 0.15) is 0 Å². The first-order valence-electron chi connectivity index (χ1n) is 5.49. The molecule has 1 atom stereocenters. The van der Waals surface area contributed by atoms with Gasteiger partial charge in [-0.3, -0.25) is 0 Å². The van der Waals surface area contributed by atoms with E-state index in [2.05, 4.69) is 6.07 Å². The molecule has 1 aromatic carbocycles. The average Bonchev–Trinajstić information content (AvgIpc) is 2.27. The molecule has 0 fully saturated rings. The summed E-state index contributed by atoms with van der Waals surface area (Å²) in [4.78, 5) is 11.4. The van der Waals surface area contributed by atoms with Gasteiger partial charge in [-0.05, 0) is 37.3 Å². The Balaban J connectivity index is 2.58. The van der Waals surface area contributed by atoms with Gasteiger partial charge in [0.2, 0.25) is 0 Å². The number of fused-ring (bicyclic) bond motifs is 1. The van der Waals surface area contributed by atoms with Gasteiger partial charge in [-0.2, -0.15) is 0 Å². The predicted octanol–water partition coefficient (Wildman–Crippen LogP) is 2.26. The lowest BCUT2D eigenvalue weighted by molar-refractivity contribution is -0.165. The first-order valence-corrected chi connectivity index (χ1v) is 5.49. The van der Waals surface area contributed by atoms with Crippen LogP contribution in [0.3, 0.4) is 0 Å². The number of carbonyl (C=O) groups is 1. The Morgan fingerprint density at radius 3 is 2.88 bits per heavy atom. The molecule has 1 aliphatic carbocycles. The fourth-order valence-electron chi connectivity index (χ4n) is 2.51. The van der Waals surface area contributed by atoms with Gasteiger partial charge < -0.3 is 9.84 Å². The average molecular weight is 220 g/mol. The molecular weight excluding hydrogens is 204 g/mol. The van der Waals surface area contributed by atoms with Crippen LogP contribution in [-0.4, -0.2) is 18.2 Å². The molecule has 3 heteroatoms. The highest BCUT2D eigenvalue weighted by atomic mass is 16.5. The third kappa shape index (κ3) is 1.52. The second kappa shape index (κ2) is 3.91. The number of benzene rings is 1. The summed E-state index contributed by atoms with van der Waals surface area (Å²) in [6.45, 7) is 2.02. The Morgan fingerprint density at radius 1 is 1.50 bits per heavy atom. The van der Waals surface area contributed by atoms with Gasteiger partial charge in [-0.15, -0.1) is 0 Å². The molecule has 0 spiro atoms. The van der Waals surface area contributed by atoms with E-state index in [9.17, 15) is 9.90 Å². The molecule has 3 nitrogen and oxygen atoms in total. The number of hydrogen-bond donors (Lipinski definition) is 1. The Hall–Kier alpha value is -1.35. The van der Waals surface area contributed by atoms with Crippen LogP contribution in [0.2, 0.25) is 0 Å². The molecule has 1 unspecified atom stereocenters. The summed E-state index contributed by atoms with van der Waals surface area (Å²) in [6.07, 6.45) is 2.35. The largest absolute Gasteiger partial charge is 0.479 e. The molecule has 0 saturated carbocycles. The third-order valence-corrected chi connectivity index (χ3v) is 3.36. The zero-order valence-corrected chi connectivity index (χ0v) is 9.62. The van der Waals surface area contributed by atoms with E-state index in [4.69, 9.17) is 4.74 Å². The Labute approximate surface area is 95.0 Å². The lowest BCUT2D eigenvalue weighted by Crippen LogP contribution is -2.40. The zero-order valence-electron chi connectivity index (χ0n) is 9.62. The minimum Gasteiger partial charge on any atom is -0.479 e. The van der Waals surface area contributed by atoms with Crippen LogP contribution >= 0.6 is 0 Å². The standard InChI is InChI=1S/C13H16O3/c1-9-5-6-11-10(8-9)4-3-7-13(11,16-2)12(14)15/h5-6,8H,3-4,7H2,1-2H3,(H,14,15). The summed E-state index contributed by atoms with van der Waals surface area (Å²) >= 11 is 0.